The zero-order valence-electron chi connectivity index (χ0n) is 58.8. The fourth-order valence-electron chi connectivity index (χ4n) is 13.0. The Labute approximate surface area is 539 Å². The van der Waals surface area contributed by atoms with E-state index in [-0.39, 0.29) is 18.5 Å². The minimum absolute atomic E-state index is 0.0276. The van der Waals surface area contributed by atoms with E-state index in [1.165, 1.54) is 398 Å². The molecule has 2 unspecified atom stereocenters. The van der Waals surface area contributed by atoms with Crippen LogP contribution >= 0.6 is 0 Å². The van der Waals surface area contributed by atoms with E-state index in [0.29, 0.717) is 19.4 Å². The number of hydrogen-bond acceptors (Lipinski definition) is 5. The van der Waals surface area contributed by atoms with Gasteiger partial charge in [0.05, 0.1) is 25.4 Å². The number of unbranched alkanes of at least 4 members (excludes halogenated alkanes) is 65. The Kier molecular flexibility index (Phi) is 74.8. The predicted molar refractivity (Wildman–Crippen MR) is 380 cm³/mol. The smallest absolute Gasteiger partial charge is 0.305 e. The highest BCUT2D eigenvalue weighted by atomic mass is 16.5. The maximum Gasteiger partial charge on any atom is 0.305 e. The van der Waals surface area contributed by atoms with E-state index in [4.69, 9.17) is 4.74 Å². The number of ether oxygens (including phenoxy) is 1. The minimum atomic E-state index is -0.840. The molecule has 0 radical (unpaired) electrons. The number of esters is 1. The van der Waals surface area contributed by atoms with Gasteiger partial charge in [-0.1, -0.05) is 431 Å². The molecule has 512 valence electrons. The second-order valence-corrected chi connectivity index (χ2v) is 27.8. The summed E-state index contributed by atoms with van der Waals surface area (Å²) in [5, 5.41) is 23.2. The fourth-order valence-corrected chi connectivity index (χ4v) is 13.0. The summed E-state index contributed by atoms with van der Waals surface area (Å²) in [6.07, 6.45) is 96.3. The van der Waals surface area contributed by atoms with Crippen LogP contribution in [-0.4, -0.2) is 47.4 Å². The predicted octanol–water partition coefficient (Wildman–Crippen LogP) is 26.3. The van der Waals surface area contributed by atoms with Crippen molar-refractivity contribution < 1.29 is 24.5 Å². The molecule has 0 bridgehead atoms. The van der Waals surface area contributed by atoms with E-state index in [0.717, 1.165) is 38.5 Å². The number of aliphatic hydroxyl groups excluding tert-OH is 2. The first-order valence-corrected chi connectivity index (χ1v) is 40.0. The lowest BCUT2D eigenvalue weighted by Gasteiger charge is -2.20. The Bertz CT molecular complexity index is 1300. The van der Waals surface area contributed by atoms with Gasteiger partial charge >= 0.3 is 5.97 Å². The van der Waals surface area contributed by atoms with Gasteiger partial charge < -0.3 is 20.3 Å². The summed E-state index contributed by atoms with van der Waals surface area (Å²) >= 11 is 0. The lowest BCUT2D eigenvalue weighted by Crippen LogP contribution is -2.45. The van der Waals surface area contributed by atoms with E-state index in [1.807, 2.05) is 6.08 Å². The molecule has 1 amide bonds. The molecule has 0 spiro atoms. The first-order valence-electron chi connectivity index (χ1n) is 40.0. The molecule has 6 heteroatoms. The zero-order valence-corrected chi connectivity index (χ0v) is 58.8. The van der Waals surface area contributed by atoms with Crippen molar-refractivity contribution in [3.05, 3.63) is 12.2 Å². The maximum atomic E-state index is 12.5. The lowest BCUT2D eigenvalue weighted by atomic mass is 10.0. The summed E-state index contributed by atoms with van der Waals surface area (Å²) in [7, 11) is 0. The van der Waals surface area contributed by atoms with E-state index >= 15 is 0 Å². The molecule has 0 saturated carbocycles. The summed E-state index contributed by atoms with van der Waals surface area (Å²) in [6.45, 7) is 4.96. The summed E-state index contributed by atoms with van der Waals surface area (Å²) in [5.74, 6) is -0.0309. The molecular weight excluding hydrogens is 1050 g/mol. The van der Waals surface area contributed by atoms with Crippen molar-refractivity contribution in [3.63, 3.8) is 0 Å². The first-order chi connectivity index (χ1) is 42.5. The van der Waals surface area contributed by atoms with Crippen LogP contribution in [0.2, 0.25) is 0 Å². The van der Waals surface area contributed by atoms with E-state index in [9.17, 15) is 19.8 Å². The van der Waals surface area contributed by atoms with E-state index < -0.39 is 12.1 Å². The first kappa shape index (κ1) is 84.6. The van der Waals surface area contributed by atoms with Crippen LogP contribution in [0.25, 0.3) is 0 Å². The Balaban J connectivity index is 3.30. The Morgan fingerprint density at radius 1 is 0.314 bits per heavy atom. The number of aliphatic hydroxyl groups is 2. The Morgan fingerprint density at radius 2 is 0.535 bits per heavy atom. The number of carbonyl (C=O) groups is 2. The topological polar surface area (TPSA) is 95.9 Å². The van der Waals surface area contributed by atoms with Gasteiger partial charge in [0.2, 0.25) is 5.91 Å². The minimum Gasteiger partial charge on any atom is -0.466 e. The largest absolute Gasteiger partial charge is 0.466 e. The average molecular weight is 1210 g/mol. The van der Waals surface area contributed by atoms with Gasteiger partial charge in [0.15, 0.2) is 0 Å². The van der Waals surface area contributed by atoms with Crippen molar-refractivity contribution in [2.45, 2.75) is 475 Å². The third-order valence-corrected chi connectivity index (χ3v) is 19.1. The summed E-state index contributed by atoms with van der Waals surface area (Å²) in [4.78, 5) is 24.6. The molecule has 6 nitrogen and oxygen atoms in total. The van der Waals surface area contributed by atoms with Crippen molar-refractivity contribution in [1.29, 1.82) is 0 Å². The standard InChI is InChI=1S/C80H157NO5/c1-3-5-7-9-11-13-15-17-19-40-44-48-52-56-60-64-68-72-78(83)77(76-82)81-79(84)73-69-65-61-57-53-49-45-42-38-36-34-32-30-28-26-24-22-21-23-25-27-29-31-33-35-37-39-43-47-51-55-59-63-67-71-75-86-80(85)74-70-66-62-58-54-50-46-41-20-18-16-14-12-10-8-6-4-2/h68,72,77-78,82-83H,3-67,69-71,73-76H2,1-2H3,(H,81,84)/b72-68+. The number of rotatable bonds is 76. The number of carbonyl (C=O) groups excluding carboxylic acids is 2. The van der Waals surface area contributed by atoms with Crippen LogP contribution in [0.5, 0.6) is 0 Å². The summed E-state index contributed by atoms with van der Waals surface area (Å²) < 4.78 is 5.52. The number of amides is 1. The van der Waals surface area contributed by atoms with Crippen molar-refractivity contribution in [1.82, 2.24) is 5.32 Å². The van der Waals surface area contributed by atoms with Gasteiger partial charge in [-0.2, -0.15) is 0 Å². The van der Waals surface area contributed by atoms with Crippen molar-refractivity contribution in [2.24, 2.45) is 0 Å². The summed E-state index contributed by atoms with van der Waals surface area (Å²) in [6, 6.07) is -0.623. The van der Waals surface area contributed by atoms with E-state index in [2.05, 4.69) is 19.2 Å². The Morgan fingerprint density at radius 3 is 0.791 bits per heavy atom. The molecule has 0 aromatic rings. The highest BCUT2D eigenvalue weighted by Crippen LogP contribution is 2.20. The van der Waals surface area contributed by atoms with E-state index in [1.54, 1.807) is 6.08 Å². The normalized spacial score (nSPS) is 12.5. The molecule has 86 heavy (non-hydrogen) atoms. The molecule has 0 aliphatic rings. The molecule has 2 atom stereocenters. The second kappa shape index (κ2) is 76.1. The Hall–Kier alpha value is -1.40. The molecule has 0 heterocycles. The molecule has 0 fully saturated rings. The molecule has 0 aliphatic carbocycles. The molecule has 3 N–H and O–H groups in total. The van der Waals surface area contributed by atoms with Gasteiger partial charge in [-0.15, -0.1) is 0 Å². The molecule has 0 saturated heterocycles. The van der Waals surface area contributed by atoms with Crippen LogP contribution in [0.4, 0.5) is 0 Å². The molecule has 0 rings (SSSR count). The van der Waals surface area contributed by atoms with Crippen molar-refractivity contribution in [3.8, 4) is 0 Å². The third kappa shape index (κ3) is 71.7. The van der Waals surface area contributed by atoms with Gasteiger partial charge in [0.25, 0.3) is 0 Å². The monoisotopic (exact) mass is 1210 g/mol. The quantitative estimate of drug-likeness (QED) is 0.0320. The van der Waals surface area contributed by atoms with Gasteiger partial charge in [0, 0.05) is 12.8 Å². The third-order valence-electron chi connectivity index (χ3n) is 19.1. The lowest BCUT2D eigenvalue weighted by molar-refractivity contribution is -0.143. The van der Waals surface area contributed by atoms with Crippen LogP contribution in [0.15, 0.2) is 12.2 Å². The van der Waals surface area contributed by atoms with Crippen LogP contribution in [0.1, 0.15) is 463 Å². The zero-order chi connectivity index (χ0) is 62.0. The molecule has 0 aromatic carbocycles. The highest BCUT2D eigenvalue weighted by Gasteiger charge is 2.18. The van der Waals surface area contributed by atoms with Crippen LogP contribution < -0.4 is 5.32 Å². The van der Waals surface area contributed by atoms with Crippen molar-refractivity contribution in [2.75, 3.05) is 13.2 Å². The fraction of sp³-hybridized carbons (Fsp3) is 0.950. The number of hydrogen-bond donors (Lipinski definition) is 3. The average Bonchev–Trinajstić information content (AvgIpc) is 3.60. The summed E-state index contributed by atoms with van der Waals surface area (Å²) in [5.41, 5.74) is 0. The number of allylic oxidation sites excluding steroid dienone is 1. The maximum absolute atomic E-state index is 12.5. The molecule has 0 aromatic heterocycles. The van der Waals surface area contributed by atoms with Crippen LogP contribution in [-0.2, 0) is 14.3 Å². The van der Waals surface area contributed by atoms with Gasteiger partial charge in [-0.25, -0.2) is 0 Å². The SMILES string of the molecule is CCCCCCCCCCCCCCCCC/C=C/C(O)C(CO)NC(=O)CCCCCCCCCCCCCCCCCCCCCCCCCCCCCCCCCCCCCOC(=O)CCCCCCCCCCCCCCCCCCC. The molecule has 0 aliphatic heterocycles. The van der Waals surface area contributed by atoms with Crippen LogP contribution in [0, 0.1) is 0 Å². The van der Waals surface area contributed by atoms with Crippen LogP contribution in [0.3, 0.4) is 0 Å². The highest BCUT2D eigenvalue weighted by molar-refractivity contribution is 5.76. The van der Waals surface area contributed by atoms with Gasteiger partial charge in [0.1, 0.15) is 0 Å². The molecular formula is C80H157NO5. The van der Waals surface area contributed by atoms with Gasteiger partial charge in [-0.05, 0) is 32.1 Å². The van der Waals surface area contributed by atoms with Crippen molar-refractivity contribution >= 4 is 11.9 Å². The van der Waals surface area contributed by atoms with Gasteiger partial charge in [-0.3, -0.25) is 9.59 Å². The number of nitrogens with one attached hydrogen (secondary N) is 1. The second-order valence-electron chi connectivity index (χ2n) is 27.8.